The predicted molar refractivity (Wildman–Crippen MR) is 34.5 cm³/mol. The van der Waals surface area contributed by atoms with Crippen LogP contribution in [0.1, 0.15) is 33.1 Å². The molecule has 3 heteroatoms. The van der Waals surface area contributed by atoms with Crippen LogP contribution in [-0.4, -0.2) is 5.78 Å². The molecule has 0 aromatic heterocycles. The van der Waals surface area contributed by atoms with Crippen molar-refractivity contribution in [1.29, 1.82) is 0 Å². The monoisotopic (exact) mass is 386 g/mol. The molecule has 0 aliphatic rings. The summed E-state index contributed by atoms with van der Waals surface area (Å²) in [4.78, 5) is 10.6. The Morgan fingerprint density at radius 3 is 2.30 bits per heavy atom. The van der Waals surface area contributed by atoms with Crippen molar-refractivity contribution >= 4 is 5.78 Å². The van der Waals surface area contributed by atoms with Gasteiger partial charge in [-0.25, -0.2) is 0 Å². The number of Topliss-reactive ketones (excluding diaryl/α,β-unsaturated/α-hetero) is 1. The number of carbonyl (C=O) groups is 1. The largest absolute Gasteiger partial charge is 0.331 e. The molecule has 0 saturated heterocycles. The molecule has 0 aliphatic carbocycles. The van der Waals surface area contributed by atoms with Gasteiger partial charge >= 0.3 is 0 Å². The first-order chi connectivity index (χ1) is 3.81. The molecule has 0 heterocycles. The molecule has 0 aromatic carbocycles. The number of rotatable bonds is 4. The van der Waals surface area contributed by atoms with Crippen molar-refractivity contribution in [2.45, 2.75) is 33.1 Å². The zero-order chi connectivity index (χ0) is 6.41. The summed E-state index contributed by atoms with van der Waals surface area (Å²) in [6.07, 6.45) is 4.38. The number of ketones is 1. The van der Waals surface area contributed by atoms with Crippen LogP contribution >= 0.6 is 0 Å². The maximum Gasteiger partial charge on any atom is 0.130 e. The summed E-state index contributed by atoms with van der Waals surface area (Å²) in [5.41, 5.74) is 0. The van der Waals surface area contributed by atoms with E-state index in [4.69, 9.17) is 0 Å². The molecule has 10 heavy (non-hydrogen) atoms. The zero-order valence-corrected chi connectivity index (χ0v) is 12.4. The fourth-order valence-corrected chi connectivity index (χ4v) is 0.482. The molecule has 0 atom stereocenters. The molecule has 0 amide bonds. The van der Waals surface area contributed by atoms with Crippen LogP contribution in [-0.2, 0) is 58.6 Å². The van der Waals surface area contributed by atoms with Gasteiger partial charge in [-0.05, 0) is 6.42 Å². The fraction of sp³-hybridized carbons (Fsp3) is 0.714. The smallest absolute Gasteiger partial charge is 0.130 e. The van der Waals surface area contributed by atoms with Crippen LogP contribution in [0.5, 0.6) is 0 Å². The van der Waals surface area contributed by atoms with E-state index < -0.39 is 0 Å². The number of carbonyl (C=O) groups excluding carboxylic acids is 1. The summed E-state index contributed by atoms with van der Waals surface area (Å²) >= 11 is 0. The Kier molecular flexibility index (Phi) is 22.9. The Morgan fingerprint density at radius 2 is 2.00 bits per heavy atom. The van der Waals surface area contributed by atoms with Crippen LogP contribution in [0.15, 0.2) is 0 Å². The Morgan fingerprint density at radius 1 is 1.50 bits per heavy atom. The van der Waals surface area contributed by atoms with Crippen molar-refractivity contribution in [3.05, 3.63) is 6.42 Å². The summed E-state index contributed by atoms with van der Waals surface area (Å²) in [5, 5.41) is 0. The van der Waals surface area contributed by atoms with Gasteiger partial charge in [0, 0.05) is 60.2 Å². The van der Waals surface area contributed by atoms with Gasteiger partial charge in [-0.2, -0.15) is 13.3 Å². The Labute approximate surface area is 103 Å². The molecule has 0 rings (SSSR count). The molecule has 0 bridgehead atoms. The molecular formula is C7H13OWY-. The molecule has 0 spiro atoms. The van der Waals surface area contributed by atoms with Gasteiger partial charge in [0.2, 0.25) is 0 Å². The van der Waals surface area contributed by atoms with Crippen LogP contribution in [0.25, 0.3) is 0 Å². The third-order valence-electron chi connectivity index (χ3n) is 1.11. The molecular weight excluding hydrogens is 373 g/mol. The fourth-order valence-electron chi connectivity index (χ4n) is 0.482. The van der Waals surface area contributed by atoms with E-state index in [0.717, 1.165) is 12.8 Å². The van der Waals surface area contributed by atoms with Gasteiger partial charge in [0.15, 0.2) is 0 Å². The first kappa shape index (κ1) is 17.5. The quantitative estimate of drug-likeness (QED) is 0.676. The van der Waals surface area contributed by atoms with Crippen molar-refractivity contribution in [1.82, 2.24) is 0 Å². The summed E-state index contributed by atoms with van der Waals surface area (Å²) in [5.74, 6) is 0.364. The van der Waals surface area contributed by atoms with Gasteiger partial charge in [0.1, 0.15) is 5.78 Å². The second-order valence-electron chi connectivity index (χ2n) is 1.84. The minimum absolute atomic E-state index is 0. The third-order valence-corrected chi connectivity index (χ3v) is 1.11. The van der Waals surface area contributed by atoms with E-state index >= 15 is 0 Å². The average molecular weight is 386 g/mol. The molecule has 0 unspecified atom stereocenters. The second-order valence-corrected chi connectivity index (χ2v) is 1.84. The normalized spacial score (nSPS) is 7.40. The topological polar surface area (TPSA) is 17.1 Å². The second kappa shape index (κ2) is 13.1. The van der Waals surface area contributed by atoms with Gasteiger partial charge in [-0.15, -0.1) is 0 Å². The van der Waals surface area contributed by atoms with Gasteiger partial charge < -0.3 is 6.42 Å². The maximum absolute atomic E-state index is 10.6. The Bertz CT molecular complexity index is 76.0. The molecule has 1 radical (unpaired) electrons. The van der Waals surface area contributed by atoms with E-state index in [1.54, 1.807) is 0 Å². The van der Waals surface area contributed by atoms with Crippen molar-refractivity contribution < 1.29 is 58.6 Å². The Balaban J connectivity index is -0.000000245. The van der Waals surface area contributed by atoms with Gasteiger partial charge in [0.25, 0.3) is 0 Å². The average Bonchev–Trinajstić information content (AvgIpc) is 1.83. The minimum Gasteiger partial charge on any atom is -0.331 e. The van der Waals surface area contributed by atoms with Gasteiger partial charge in [-0.3, -0.25) is 4.79 Å². The van der Waals surface area contributed by atoms with Crippen molar-refractivity contribution in [2.75, 3.05) is 0 Å². The van der Waals surface area contributed by atoms with Crippen LogP contribution in [0.2, 0.25) is 0 Å². The van der Waals surface area contributed by atoms with Crippen LogP contribution in [0.4, 0.5) is 0 Å². The Hall–Kier alpha value is 1.46. The van der Waals surface area contributed by atoms with Gasteiger partial charge in [-0.1, -0.05) is 6.92 Å². The molecule has 0 aliphatic heterocycles. The summed E-state index contributed by atoms with van der Waals surface area (Å²) in [7, 11) is 0. The molecule has 0 aromatic rings. The maximum atomic E-state index is 10.6. The minimum atomic E-state index is 0. The SMILES string of the molecule is C[CH-]CCC(=O)CC.[W].[Y]. The first-order valence-corrected chi connectivity index (χ1v) is 3.10. The summed E-state index contributed by atoms with van der Waals surface area (Å²) in [6.45, 7) is 3.88. The standard InChI is InChI=1S/C7H13O.W.Y/c1-3-5-6-7(8)4-2;;/h3H,4-6H2,1-2H3;;/q-1;;. The van der Waals surface area contributed by atoms with E-state index in [2.05, 4.69) is 0 Å². The van der Waals surface area contributed by atoms with E-state index in [1.807, 2.05) is 20.3 Å². The molecule has 0 fully saturated rings. The van der Waals surface area contributed by atoms with Crippen molar-refractivity contribution in [3.8, 4) is 0 Å². The van der Waals surface area contributed by atoms with E-state index in [0.29, 0.717) is 12.2 Å². The third kappa shape index (κ3) is 12.2. The van der Waals surface area contributed by atoms with E-state index in [9.17, 15) is 4.79 Å². The molecule has 57 valence electrons. The molecule has 0 N–H and O–H groups in total. The van der Waals surface area contributed by atoms with Crippen LogP contribution in [0.3, 0.4) is 0 Å². The van der Waals surface area contributed by atoms with Crippen molar-refractivity contribution in [2.24, 2.45) is 0 Å². The molecule has 0 saturated carbocycles. The van der Waals surface area contributed by atoms with Crippen LogP contribution < -0.4 is 0 Å². The van der Waals surface area contributed by atoms with Crippen LogP contribution in [0, 0.1) is 6.42 Å². The summed E-state index contributed by atoms with van der Waals surface area (Å²) < 4.78 is 0. The van der Waals surface area contributed by atoms with Gasteiger partial charge in [0.05, 0.1) is 0 Å². The summed E-state index contributed by atoms with van der Waals surface area (Å²) in [6, 6.07) is 0. The number of hydrogen-bond donors (Lipinski definition) is 0. The van der Waals surface area contributed by atoms with E-state index in [-0.39, 0.29) is 53.8 Å². The zero-order valence-electron chi connectivity index (χ0n) is 6.59. The first-order valence-electron chi connectivity index (χ1n) is 3.10. The number of hydrogen-bond acceptors (Lipinski definition) is 1. The predicted octanol–water partition coefficient (Wildman–Crippen LogP) is 1.96. The molecule has 1 nitrogen and oxygen atoms in total. The number of unbranched alkanes of at least 4 members (excludes halogenated alkanes) is 1. The van der Waals surface area contributed by atoms with E-state index in [1.165, 1.54) is 0 Å². The van der Waals surface area contributed by atoms with Crippen molar-refractivity contribution in [3.63, 3.8) is 0 Å².